The van der Waals surface area contributed by atoms with Gasteiger partial charge in [-0.1, -0.05) is 36.4 Å². The highest BCUT2D eigenvalue weighted by Gasteiger charge is 2.24. The SMILES string of the molecule is COc1ccc(C(C)NC[C@H](O)CP(=O)(O)Cc2ccccc2)cc1OC. The van der Waals surface area contributed by atoms with Crippen LogP contribution in [0.3, 0.4) is 0 Å². The van der Waals surface area contributed by atoms with Gasteiger partial charge in [-0.05, 0) is 30.2 Å². The van der Waals surface area contributed by atoms with E-state index in [1.807, 2.05) is 55.5 Å². The standard InChI is InChI=1S/C20H28NO5P/c1-15(17-9-10-19(25-2)20(11-17)26-3)21-12-18(22)14-27(23,24)13-16-7-5-4-6-8-16/h4-11,15,18,21-22H,12-14H2,1-3H3,(H,23,24)/t15?,18-/m0/s1. The Morgan fingerprint density at radius 3 is 2.37 bits per heavy atom. The van der Waals surface area contributed by atoms with Crippen molar-refractivity contribution in [2.45, 2.75) is 25.2 Å². The lowest BCUT2D eigenvalue weighted by atomic mass is 10.1. The third kappa shape index (κ3) is 6.67. The van der Waals surface area contributed by atoms with Crippen LogP contribution < -0.4 is 14.8 Å². The number of ether oxygens (including phenoxy) is 2. The summed E-state index contributed by atoms with van der Waals surface area (Å²) in [6, 6.07) is 14.7. The van der Waals surface area contributed by atoms with E-state index in [1.165, 1.54) is 0 Å². The molecular formula is C20H28NO5P. The molecular weight excluding hydrogens is 365 g/mol. The Hall–Kier alpha value is -1.85. The molecule has 2 rings (SSSR count). The molecule has 0 heterocycles. The van der Waals surface area contributed by atoms with E-state index in [0.29, 0.717) is 11.5 Å². The summed E-state index contributed by atoms with van der Waals surface area (Å²) in [7, 11) is -0.292. The molecule has 0 aliphatic heterocycles. The van der Waals surface area contributed by atoms with Crippen LogP contribution in [0.4, 0.5) is 0 Å². The highest BCUT2D eigenvalue weighted by Crippen LogP contribution is 2.44. The first-order valence-corrected chi connectivity index (χ1v) is 10.9. The van der Waals surface area contributed by atoms with Crippen LogP contribution in [0.1, 0.15) is 24.1 Å². The van der Waals surface area contributed by atoms with Crippen LogP contribution in [0.2, 0.25) is 0 Å². The van der Waals surface area contributed by atoms with Gasteiger partial charge in [0, 0.05) is 18.7 Å². The molecule has 0 amide bonds. The number of aliphatic hydroxyl groups excluding tert-OH is 1. The number of aliphatic hydroxyl groups is 1. The molecule has 0 fully saturated rings. The summed E-state index contributed by atoms with van der Waals surface area (Å²) < 4.78 is 22.9. The summed E-state index contributed by atoms with van der Waals surface area (Å²) in [4.78, 5) is 10.2. The highest BCUT2D eigenvalue weighted by atomic mass is 31.2. The molecule has 2 aromatic carbocycles. The lowest BCUT2D eigenvalue weighted by Gasteiger charge is -2.20. The van der Waals surface area contributed by atoms with E-state index in [0.717, 1.165) is 11.1 Å². The summed E-state index contributed by atoms with van der Waals surface area (Å²) >= 11 is 0. The summed E-state index contributed by atoms with van der Waals surface area (Å²) in [5, 5.41) is 13.4. The largest absolute Gasteiger partial charge is 0.493 e. The van der Waals surface area contributed by atoms with Gasteiger partial charge in [0.15, 0.2) is 11.5 Å². The van der Waals surface area contributed by atoms with Crippen molar-refractivity contribution in [3.63, 3.8) is 0 Å². The number of hydrogen-bond donors (Lipinski definition) is 3. The predicted molar refractivity (Wildman–Crippen MR) is 107 cm³/mol. The van der Waals surface area contributed by atoms with Crippen LogP contribution in [0.15, 0.2) is 48.5 Å². The number of nitrogens with one attached hydrogen (secondary N) is 1. The van der Waals surface area contributed by atoms with E-state index in [9.17, 15) is 14.6 Å². The summed E-state index contributed by atoms with van der Waals surface area (Å²) in [6.45, 7) is 2.17. The number of benzene rings is 2. The molecule has 0 spiro atoms. The summed E-state index contributed by atoms with van der Waals surface area (Å²) in [5.41, 5.74) is 1.76. The molecule has 148 valence electrons. The van der Waals surface area contributed by atoms with Crippen molar-refractivity contribution >= 4 is 7.37 Å². The van der Waals surface area contributed by atoms with Crippen LogP contribution in [-0.4, -0.2) is 43.0 Å². The monoisotopic (exact) mass is 393 g/mol. The molecule has 3 N–H and O–H groups in total. The zero-order valence-electron chi connectivity index (χ0n) is 16.0. The third-order valence-corrected chi connectivity index (χ3v) is 6.19. The van der Waals surface area contributed by atoms with Gasteiger partial charge in [-0.3, -0.25) is 4.57 Å². The minimum Gasteiger partial charge on any atom is -0.493 e. The van der Waals surface area contributed by atoms with Gasteiger partial charge in [-0.2, -0.15) is 0 Å². The van der Waals surface area contributed by atoms with Crippen molar-refractivity contribution in [1.82, 2.24) is 5.32 Å². The fraction of sp³-hybridized carbons (Fsp3) is 0.400. The number of methoxy groups -OCH3 is 2. The maximum Gasteiger partial charge on any atom is 0.207 e. The van der Waals surface area contributed by atoms with Crippen molar-refractivity contribution in [1.29, 1.82) is 0 Å². The third-order valence-electron chi connectivity index (χ3n) is 4.34. The first-order chi connectivity index (χ1) is 12.8. The van der Waals surface area contributed by atoms with Crippen LogP contribution in [-0.2, 0) is 10.7 Å². The zero-order chi connectivity index (χ0) is 19.9. The molecule has 0 radical (unpaired) electrons. The molecule has 0 saturated carbocycles. The summed E-state index contributed by atoms with van der Waals surface area (Å²) in [6.07, 6.45) is -0.990. The molecule has 3 atom stereocenters. The molecule has 6 nitrogen and oxygen atoms in total. The molecule has 0 saturated heterocycles. The van der Waals surface area contributed by atoms with Crippen LogP contribution in [0, 0.1) is 0 Å². The van der Waals surface area contributed by atoms with Gasteiger partial charge < -0.3 is 24.8 Å². The maximum atomic E-state index is 12.4. The Balaban J connectivity index is 1.89. The van der Waals surface area contributed by atoms with E-state index in [4.69, 9.17) is 9.47 Å². The maximum absolute atomic E-state index is 12.4. The Bertz CT molecular complexity index is 768. The van der Waals surface area contributed by atoms with Crippen molar-refractivity contribution in [2.75, 3.05) is 26.9 Å². The van der Waals surface area contributed by atoms with Gasteiger partial charge in [-0.25, -0.2) is 0 Å². The predicted octanol–water partition coefficient (Wildman–Crippen LogP) is 3.19. The molecule has 0 aromatic heterocycles. The first-order valence-electron chi connectivity index (χ1n) is 8.82. The molecule has 2 aromatic rings. The lowest BCUT2D eigenvalue weighted by molar-refractivity contribution is 0.186. The topological polar surface area (TPSA) is 88.0 Å². The molecule has 27 heavy (non-hydrogen) atoms. The molecule has 0 aliphatic carbocycles. The van der Waals surface area contributed by atoms with E-state index >= 15 is 0 Å². The molecule has 2 unspecified atom stereocenters. The highest BCUT2D eigenvalue weighted by molar-refractivity contribution is 7.57. The van der Waals surface area contributed by atoms with Gasteiger partial charge in [0.25, 0.3) is 0 Å². The molecule has 0 aliphatic rings. The Morgan fingerprint density at radius 1 is 1.07 bits per heavy atom. The fourth-order valence-electron chi connectivity index (χ4n) is 2.88. The quantitative estimate of drug-likeness (QED) is 0.538. The van der Waals surface area contributed by atoms with E-state index in [1.54, 1.807) is 14.2 Å². The normalized spacial score (nSPS) is 15.6. The minimum absolute atomic E-state index is 0.0633. The van der Waals surface area contributed by atoms with Crippen LogP contribution >= 0.6 is 7.37 Å². The Kier molecular flexibility index (Phi) is 7.87. The van der Waals surface area contributed by atoms with Crippen molar-refractivity contribution in [3.8, 4) is 11.5 Å². The molecule has 0 bridgehead atoms. The molecule has 7 heteroatoms. The second-order valence-corrected chi connectivity index (χ2v) is 8.94. The smallest absolute Gasteiger partial charge is 0.207 e. The lowest BCUT2D eigenvalue weighted by Crippen LogP contribution is -2.31. The van der Waals surface area contributed by atoms with Crippen LogP contribution in [0.25, 0.3) is 0 Å². The van der Waals surface area contributed by atoms with Crippen molar-refractivity contribution in [2.24, 2.45) is 0 Å². The van der Waals surface area contributed by atoms with E-state index in [-0.39, 0.29) is 24.9 Å². The van der Waals surface area contributed by atoms with Crippen LogP contribution in [0.5, 0.6) is 11.5 Å². The minimum atomic E-state index is -3.45. The van der Waals surface area contributed by atoms with Crippen molar-refractivity contribution in [3.05, 3.63) is 59.7 Å². The van der Waals surface area contributed by atoms with Gasteiger partial charge in [0.2, 0.25) is 7.37 Å². The average Bonchev–Trinajstić information content (AvgIpc) is 2.65. The van der Waals surface area contributed by atoms with Gasteiger partial charge in [-0.15, -0.1) is 0 Å². The summed E-state index contributed by atoms with van der Waals surface area (Å²) in [5.74, 6) is 1.28. The van der Waals surface area contributed by atoms with Crippen molar-refractivity contribution < 1.29 is 24.0 Å². The first kappa shape index (κ1) is 21.5. The second kappa shape index (κ2) is 9.90. The zero-order valence-corrected chi connectivity index (χ0v) is 16.9. The number of rotatable bonds is 10. The van der Waals surface area contributed by atoms with Gasteiger partial charge in [0.05, 0.1) is 26.5 Å². The van der Waals surface area contributed by atoms with E-state index < -0.39 is 13.5 Å². The van der Waals surface area contributed by atoms with Gasteiger partial charge >= 0.3 is 0 Å². The number of hydrogen-bond acceptors (Lipinski definition) is 5. The Morgan fingerprint density at radius 2 is 1.74 bits per heavy atom. The average molecular weight is 393 g/mol. The fourth-order valence-corrected chi connectivity index (χ4v) is 4.58. The van der Waals surface area contributed by atoms with Gasteiger partial charge in [0.1, 0.15) is 0 Å². The van der Waals surface area contributed by atoms with E-state index in [2.05, 4.69) is 5.32 Å². The second-order valence-electron chi connectivity index (χ2n) is 6.57. The Labute approximate surface area is 160 Å².